The topological polar surface area (TPSA) is 49.9 Å². The predicted molar refractivity (Wildman–Crippen MR) is 116 cm³/mol. The van der Waals surface area contributed by atoms with Gasteiger partial charge in [0.05, 0.1) is 16.9 Å². The third-order valence-corrected chi connectivity index (χ3v) is 4.89. The van der Waals surface area contributed by atoms with Crippen LogP contribution in [0.5, 0.6) is 0 Å². The molecule has 0 aromatic heterocycles. The lowest BCUT2D eigenvalue weighted by Crippen LogP contribution is -2.37. The Morgan fingerprint density at radius 3 is 2.45 bits per heavy atom. The molecular formula is C24H30N2O3. The Morgan fingerprint density at radius 1 is 1.07 bits per heavy atom. The largest absolute Gasteiger partial charge is 0.456 e. The van der Waals surface area contributed by atoms with Crippen molar-refractivity contribution >= 4 is 23.3 Å². The SMILES string of the molecule is CN(Cc1ccccc1)c1c(C(=O)OC(C)(C)C)cccc1N1CCCCC1=O. The maximum absolute atomic E-state index is 13.0. The van der Waals surface area contributed by atoms with Crippen molar-refractivity contribution in [3.8, 4) is 0 Å². The molecule has 1 aliphatic heterocycles. The van der Waals surface area contributed by atoms with E-state index in [1.807, 2.05) is 68.0 Å². The number of piperidine rings is 1. The molecule has 5 heteroatoms. The molecule has 29 heavy (non-hydrogen) atoms. The van der Waals surface area contributed by atoms with Crippen LogP contribution in [0.15, 0.2) is 48.5 Å². The van der Waals surface area contributed by atoms with Crippen LogP contribution in [0, 0.1) is 0 Å². The van der Waals surface area contributed by atoms with Crippen molar-refractivity contribution in [2.75, 3.05) is 23.4 Å². The van der Waals surface area contributed by atoms with Crippen molar-refractivity contribution in [2.45, 2.75) is 52.2 Å². The van der Waals surface area contributed by atoms with Crippen LogP contribution in [0.1, 0.15) is 56.0 Å². The van der Waals surface area contributed by atoms with Gasteiger partial charge in [-0.1, -0.05) is 36.4 Å². The molecular weight excluding hydrogens is 364 g/mol. The van der Waals surface area contributed by atoms with Crippen molar-refractivity contribution in [3.05, 3.63) is 59.7 Å². The van der Waals surface area contributed by atoms with Gasteiger partial charge in [-0.3, -0.25) is 4.79 Å². The van der Waals surface area contributed by atoms with Crippen molar-refractivity contribution in [2.24, 2.45) is 0 Å². The molecule has 1 aliphatic rings. The minimum atomic E-state index is -0.594. The van der Waals surface area contributed by atoms with Crippen molar-refractivity contribution in [1.29, 1.82) is 0 Å². The van der Waals surface area contributed by atoms with E-state index < -0.39 is 5.60 Å². The molecule has 0 aliphatic carbocycles. The van der Waals surface area contributed by atoms with E-state index in [1.54, 1.807) is 6.07 Å². The summed E-state index contributed by atoms with van der Waals surface area (Å²) in [7, 11) is 1.95. The molecule has 1 amide bonds. The zero-order chi connectivity index (χ0) is 21.0. The van der Waals surface area contributed by atoms with E-state index in [9.17, 15) is 9.59 Å². The highest BCUT2D eigenvalue weighted by molar-refractivity contribution is 6.04. The summed E-state index contributed by atoms with van der Waals surface area (Å²) in [6, 6.07) is 15.6. The molecule has 0 atom stereocenters. The molecule has 1 heterocycles. The van der Waals surface area contributed by atoms with E-state index in [2.05, 4.69) is 12.1 Å². The molecule has 0 spiro atoms. The van der Waals surface area contributed by atoms with E-state index in [1.165, 1.54) is 0 Å². The number of rotatable bonds is 5. The summed E-state index contributed by atoms with van der Waals surface area (Å²) in [5.74, 6) is -0.273. The number of anilines is 2. The van der Waals surface area contributed by atoms with E-state index >= 15 is 0 Å². The van der Waals surface area contributed by atoms with Crippen molar-refractivity contribution in [3.63, 3.8) is 0 Å². The number of benzene rings is 2. The molecule has 2 aromatic rings. The number of nitrogens with zero attached hydrogens (tertiary/aromatic N) is 2. The second-order valence-electron chi connectivity index (χ2n) is 8.52. The Kier molecular flexibility index (Phi) is 6.26. The van der Waals surface area contributed by atoms with Crippen LogP contribution in [0.4, 0.5) is 11.4 Å². The number of hydrogen-bond acceptors (Lipinski definition) is 4. The zero-order valence-electron chi connectivity index (χ0n) is 17.8. The Hall–Kier alpha value is -2.82. The van der Waals surface area contributed by atoms with Crippen LogP contribution in [0.3, 0.4) is 0 Å². The highest BCUT2D eigenvalue weighted by atomic mass is 16.6. The summed E-state index contributed by atoms with van der Waals surface area (Å²) in [6.07, 6.45) is 2.42. The van der Waals surface area contributed by atoms with Gasteiger partial charge in [-0.25, -0.2) is 4.79 Å². The molecule has 1 fully saturated rings. The maximum Gasteiger partial charge on any atom is 0.340 e. The third kappa shape index (κ3) is 5.17. The molecule has 0 radical (unpaired) electrons. The Bertz CT molecular complexity index is 871. The van der Waals surface area contributed by atoms with Gasteiger partial charge in [0.2, 0.25) is 5.91 Å². The first-order valence-corrected chi connectivity index (χ1v) is 10.2. The maximum atomic E-state index is 13.0. The van der Waals surface area contributed by atoms with Gasteiger partial charge in [-0.2, -0.15) is 0 Å². The Morgan fingerprint density at radius 2 is 1.79 bits per heavy atom. The highest BCUT2D eigenvalue weighted by Crippen LogP contribution is 2.36. The van der Waals surface area contributed by atoms with Gasteiger partial charge in [-0.15, -0.1) is 0 Å². The summed E-state index contributed by atoms with van der Waals surface area (Å²) in [5.41, 5.74) is 2.53. The van der Waals surface area contributed by atoms with Crippen LogP contribution < -0.4 is 9.80 Å². The van der Waals surface area contributed by atoms with Crippen LogP contribution >= 0.6 is 0 Å². The number of carbonyl (C=O) groups excluding carboxylic acids is 2. The van der Waals surface area contributed by atoms with Crippen LogP contribution in [-0.2, 0) is 16.1 Å². The molecule has 2 aromatic carbocycles. The monoisotopic (exact) mass is 394 g/mol. The Balaban J connectivity index is 2.04. The third-order valence-electron chi connectivity index (χ3n) is 4.89. The lowest BCUT2D eigenvalue weighted by molar-refractivity contribution is -0.119. The molecule has 0 N–H and O–H groups in total. The van der Waals surface area contributed by atoms with Crippen molar-refractivity contribution in [1.82, 2.24) is 0 Å². The lowest BCUT2D eigenvalue weighted by Gasteiger charge is -2.33. The van der Waals surface area contributed by atoms with E-state index in [0.717, 1.165) is 29.8 Å². The average molecular weight is 395 g/mol. The first-order chi connectivity index (χ1) is 13.8. The van der Waals surface area contributed by atoms with Gasteiger partial charge in [0, 0.05) is 26.6 Å². The van der Waals surface area contributed by atoms with Crippen molar-refractivity contribution < 1.29 is 14.3 Å². The molecule has 154 valence electrons. The quantitative estimate of drug-likeness (QED) is 0.684. The molecule has 0 bridgehead atoms. The first kappa shape index (κ1) is 20.9. The fraction of sp³-hybridized carbons (Fsp3) is 0.417. The summed E-state index contributed by atoms with van der Waals surface area (Å²) in [5, 5.41) is 0. The Labute approximate surface area is 173 Å². The number of esters is 1. The van der Waals surface area contributed by atoms with Gasteiger partial charge < -0.3 is 14.5 Å². The van der Waals surface area contributed by atoms with E-state index in [-0.39, 0.29) is 11.9 Å². The van der Waals surface area contributed by atoms with Gasteiger partial charge in [0.25, 0.3) is 0 Å². The predicted octanol–water partition coefficient (Wildman–Crippen LogP) is 4.80. The number of amides is 1. The standard InChI is InChI=1S/C24H30N2O3/c1-24(2,3)29-23(28)19-13-10-14-20(26-16-9-8-15-21(26)27)22(19)25(4)17-18-11-6-5-7-12-18/h5-7,10-14H,8-9,15-17H2,1-4H3. The second-order valence-corrected chi connectivity index (χ2v) is 8.52. The minimum absolute atomic E-state index is 0.104. The minimum Gasteiger partial charge on any atom is -0.456 e. The van der Waals surface area contributed by atoms with Crippen LogP contribution in [0.25, 0.3) is 0 Å². The average Bonchev–Trinajstić information content (AvgIpc) is 2.67. The fourth-order valence-electron chi connectivity index (χ4n) is 3.65. The molecule has 3 rings (SSSR count). The van der Waals surface area contributed by atoms with E-state index in [4.69, 9.17) is 4.74 Å². The van der Waals surface area contributed by atoms with Gasteiger partial charge in [0.1, 0.15) is 5.60 Å². The molecule has 0 saturated carbocycles. The summed E-state index contributed by atoms with van der Waals surface area (Å²) in [4.78, 5) is 29.5. The highest BCUT2D eigenvalue weighted by Gasteiger charge is 2.28. The zero-order valence-corrected chi connectivity index (χ0v) is 17.8. The van der Waals surface area contributed by atoms with Crippen LogP contribution in [-0.4, -0.2) is 31.1 Å². The molecule has 5 nitrogen and oxygen atoms in total. The normalized spacial score (nSPS) is 14.6. The smallest absolute Gasteiger partial charge is 0.340 e. The van der Waals surface area contributed by atoms with Crippen LogP contribution in [0.2, 0.25) is 0 Å². The summed E-state index contributed by atoms with van der Waals surface area (Å²) < 4.78 is 5.66. The summed E-state index contributed by atoms with van der Waals surface area (Å²) in [6.45, 7) is 6.86. The number of ether oxygens (including phenoxy) is 1. The summed E-state index contributed by atoms with van der Waals surface area (Å²) >= 11 is 0. The second kappa shape index (κ2) is 8.68. The number of carbonyl (C=O) groups is 2. The lowest BCUT2D eigenvalue weighted by atomic mass is 10.0. The van der Waals surface area contributed by atoms with Gasteiger partial charge in [0.15, 0.2) is 0 Å². The molecule has 0 unspecified atom stereocenters. The fourth-order valence-corrected chi connectivity index (χ4v) is 3.65. The molecule has 1 saturated heterocycles. The van der Waals surface area contributed by atoms with Gasteiger partial charge in [-0.05, 0) is 51.3 Å². The first-order valence-electron chi connectivity index (χ1n) is 10.2. The van der Waals surface area contributed by atoms with Gasteiger partial charge >= 0.3 is 5.97 Å². The van der Waals surface area contributed by atoms with E-state index in [0.29, 0.717) is 25.1 Å². The number of para-hydroxylation sites is 1. The number of hydrogen-bond donors (Lipinski definition) is 0.